The van der Waals surface area contributed by atoms with Gasteiger partial charge in [0.2, 0.25) is 5.95 Å². The molecule has 226 valence electrons. The molecule has 1 amide bonds. The third kappa shape index (κ3) is 6.21. The Balaban J connectivity index is 1.48. The van der Waals surface area contributed by atoms with Crippen molar-refractivity contribution in [3.05, 3.63) is 59.0 Å². The molecule has 2 aromatic carbocycles. The van der Waals surface area contributed by atoms with Crippen LogP contribution in [0.15, 0.2) is 36.5 Å². The molecule has 1 atom stereocenters. The highest BCUT2D eigenvalue weighted by Gasteiger charge is 2.42. The standard InChI is InChI=1S/C32H39FN6O3Si/c1-31(2,3)43(6,7)41-18-32(4)17-37-28-20(16-34)12-19(13-23(28)32)25-10-11-36-30(38-25)39-26-14-22(29(40)35-5)24(33)15-27(26)42-21-8-9-21/h10-15,21,37H,8-9,17-18H2,1-7H3,(H,35,40)(H,36,38,39)/t32-/m1/s1. The fraction of sp³-hybridized carbons (Fsp3) is 0.438. The van der Waals surface area contributed by atoms with E-state index in [0.717, 1.165) is 29.7 Å². The van der Waals surface area contributed by atoms with Gasteiger partial charge in [-0.1, -0.05) is 27.7 Å². The monoisotopic (exact) mass is 602 g/mol. The number of rotatable bonds is 9. The second-order valence-electron chi connectivity index (χ2n) is 13.1. The van der Waals surface area contributed by atoms with Crippen LogP contribution >= 0.6 is 0 Å². The van der Waals surface area contributed by atoms with Gasteiger partial charge in [-0.15, -0.1) is 0 Å². The summed E-state index contributed by atoms with van der Waals surface area (Å²) in [6.07, 6.45) is 3.40. The van der Waals surface area contributed by atoms with E-state index < -0.39 is 20.0 Å². The van der Waals surface area contributed by atoms with Crippen molar-refractivity contribution >= 4 is 31.5 Å². The van der Waals surface area contributed by atoms with Crippen LogP contribution in [0, 0.1) is 17.1 Å². The normalized spacial score (nSPS) is 17.9. The van der Waals surface area contributed by atoms with Crippen molar-refractivity contribution in [2.24, 2.45) is 0 Å². The number of benzene rings is 2. The number of halogens is 1. The number of anilines is 3. The van der Waals surface area contributed by atoms with E-state index in [1.54, 1.807) is 12.3 Å². The van der Waals surface area contributed by atoms with E-state index in [2.05, 4.69) is 73.9 Å². The Labute approximate surface area is 253 Å². The first-order valence-corrected chi connectivity index (χ1v) is 17.4. The molecule has 0 radical (unpaired) electrons. The lowest BCUT2D eigenvalue weighted by atomic mass is 9.83. The van der Waals surface area contributed by atoms with E-state index in [4.69, 9.17) is 14.1 Å². The number of carbonyl (C=O) groups excluding carboxylic acids is 1. The van der Waals surface area contributed by atoms with Gasteiger partial charge < -0.3 is 25.1 Å². The summed E-state index contributed by atoms with van der Waals surface area (Å²) in [5, 5.41) is 19.2. The molecule has 2 heterocycles. The summed E-state index contributed by atoms with van der Waals surface area (Å²) in [6, 6.07) is 10.6. The molecule has 0 saturated heterocycles. The van der Waals surface area contributed by atoms with Crippen molar-refractivity contribution < 1.29 is 18.3 Å². The van der Waals surface area contributed by atoms with Crippen LogP contribution in [0.2, 0.25) is 18.1 Å². The van der Waals surface area contributed by atoms with Gasteiger partial charge in [0.05, 0.1) is 34.3 Å². The Kier molecular flexibility index (Phi) is 7.96. The first-order valence-electron chi connectivity index (χ1n) is 14.5. The number of fused-ring (bicyclic) bond motifs is 1. The minimum atomic E-state index is -1.99. The summed E-state index contributed by atoms with van der Waals surface area (Å²) in [5.41, 5.74) is 3.68. The Morgan fingerprint density at radius 3 is 2.65 bits per heavy atom. The van der Waals surface area contributed by atoms with Crippen LogP contribution in [0.4, 0.5) is 21.7 Å². The zero-order valence-electron chi connectivity index (χ0n) is 25.8. The number of hydrogen-bond donors (Lipinski definition) is 3. The molecule has 11 heteroatoms. The third-order valence-electron chi connectivity index (χ3n) is 8.68. The van der Waals surface area contributed by atoms with Crippen molar-refractivity contribution in [3.8, 4) is 23.1 Å². The molecule has 1 aliphatic heterocycles. The maximum absolute atomic E-state index is 14.7. The van der Waals surface area contributed by atoms with Crippen LogP contribution in [0.5, 0.6) is 5.75 Å². The molecule has 1 fully saturated rings. The molecular formula is C32H39FN6O3Si. The number of ether oxygens (including phenoxy) is 1. The zero-order chi connectivity index (χ0) is 31.2. The van der Waals surface area contributed by atoms with Crippen molar-refractivity contribution in [2.75, 3.05) is 30.8 Å². The predicted molar refractivity (Wildman–Crippen MR) is 168 cm³/mol. The van der Waals surface area contributed by atoms with Crippen LogP contribution in [-0.2, 0) is 9.84 Å². The lowest BCUT2D eigenvalue weighted by Gasteiger charge is -2.39. The van der Waals surface area contributed by atoms with Gasteiger partial charge in [0.15, 0.2) is 8.32 Å². The highest BCUT2D eigenvalue weighted by atomic mass is 28.4. The maximum atomic E-state index is 14.7. The van der Waals surface area contributed by atoms with Gasteiger partial charge in [0.1, 0.15) is 17.6 Å². The highest BCUT2D eigenvalue weighted by Crippen LogP contribution is 2.44. The predicted octanol–water partition coefficient (Wildman–Crippen LogP) is 6.50. The quantitative estimate of drug-likeness (QED) is 0.237. The maximum Gasteiger partial charge on any atom is 0.254 e. The van der Waals surface area contributed by atoms with E-state index in [1.807, 2.05) is 6.07 Å². The molecular weight excluding hydrogens is 563 g/mol. The molecule has 1 aromatic heterocycles. The van der Waals surface area contributed by atoms with Gasteiger partial charge in [0.25, 0.3) is 5.91 Å². The molecule has 0 bridgehead atoms. The zero-order valence-corrected chi connectivity index (χ0v) is 26.8. The van der Waals surface area contributed by atoms with E-state index in [-0.39, 0.29) is 33.8 Å². The molecule has 0 spiro atoms. The summed E-state index contributed by atoms with van der Waals surface area (Å²) in [5.74, 6) is -0.695. The number of nitrogens with one attached hydrogen (secondary N) is 3. The molecule has 5 rings (SSSR count). The first kappa shape index (κ1) is 30.4. The molecule has 3 N–H and O–H groups in total. The van der Waals surface area contributed by atoms with Crippen molar-refractivity contribution in [1.82, 2.24) is 15.3 Å². The minimum absolute atomic E-state index is 0.0115. The number of hydrogen-bond acceptors (Lipinski definition) is 8. The number of nitriles is 1. The summed E-state index contributed by atoms with van der Waals surface area (Å²) < 4.78 is 27.3. The van der Waals surface area contributed by atoms with Gasteiger partial charge >= 0.3 is 0 Å². The Hall–Kier alpha value is -4.01. The smallest absolute Gasteiger partial charge is 0.254 e. The average molecular weight is 603 g/mol. The molecule has 3 aromatic rings. The van der Waals surface area contributed by atoms with Crippen LogP contribution in [0.3, 0.4) is 0 Å². The first-order chi connectivity index (χ1) is 20.2. The summed E-state index contributed by atoms with van der Waals surface area (Å²) in [6.45, 7) is 14.5. The Bertz CT molecular complexity index is 1610. The lowest BCUT2D eigenvalue weighted by Crippen LogP contribution is -2.45. The minimum Gasteiger partial charge on any atom is -0.488 e. The van der Waals surface area contributed by atoms with Crippen molar-refractivity contribution in [1.29, 1.82) is 5.26 Å². The third-order valence-corrected chi connectivity index (χ3v) is 13.2. The van der Waals surface area contributed by atoms with Crippen LogP contribution < -0.4 is 20.7 Å². The fourth-order valence-electron chi connectivity index (χ4n) is 4.73. The molecule has 1 saturated carbocycles. The summed E-state index contributed by atoms with van der Waals surface area (Å²) in [4.78, 5) is 21.4. The topological polar surface area (TPSA) is 121 Å². The molecule has 1 aliphatic carbocycles. The van der Waals surface area contributed by atoms with Crippen molar-refractivity contribution in [2.45, 2.75) is 70.2 Å². The van der Waals surface area contributed by atoms with Crippen LogP contribution in [0.25, 0.3) is 11.3 Å². The largest absolute Gasteiger partial charge is 0.488 e. The van der Waals surface area contributed by atoms with E-state index >= 15 is 0 Å². The van der Waals surface area contributed by atoms with Gasteiger partial charge in [-0.3, -0.25) is 4.79 Å². The number of aromatic nitrogens is 2. The van der Waals surface area contributed by atoms with Crippen LogP contribution in [-0.4, -0.2) is 50.5 Å². The average Bonchev–Trinajstić information content (AvgIpc) is 3.72. The second-order valence-corrected chi connectivity index (χ2v) is 17.9. The molecule has 0 unspecified atom stereocenters. The number of carbonyl (C=O) groups is 1. The second kappa shape index (κ2) is 11.2. The Morgan fingerprint density at radius 2 is 2.00 bits per heavy atom. The summed E-state index contributed by atoms with van der Waals surface area (Å²) >= 11 is 0. The molecule has 2 aliphatic rings. The summed E-state index contributed by atoms with van der Waals surface area (Å²) in [7, 11) is -0.547. The van der Waals surface area contributed by atoms with Crippen LogP contribution in [0.1, 0.15) is 62.0 Å². The van der Waals surface area contributed by atoms with E-state index in [1.165, 1.54) is 19.2 Å². The van der Waals surface area contributed by atoms with E-state index in [0.29, 0.717) is 30.1 Å². The van der Waals surface area contributed by atoms with Gasteiger partial charge in [-0.2, -0.15) is 5.26 Å². The lowest BCUT2D eigenvalue weighted by molar-refractivity contribution is 0.0959. The molecule has 9 nitrogen and oxygen atoms in total. The number of nitrogens with zero attached hydrogens (tertiary/aromatic N) is 3. The van der Waals surface area contributed by atoms with Gasteiger partial charge in [0, 0.05) is 43.4 Å². The highest BCUT2D eigenvalue weighted by molar-refractivity contribution is 6.74. The number of amides is 1. The molecule has 43 heavy (non-hydrogen) atoms. The fourth-order valence-corrected chi connectivity index (χ4v) is 5.85. The Morgan fingerprint density at radius 1 is 1.26 bits per heavy atom. The van der Waals surface area contributed by atoms with E-state index in [9.17, 15) is 14.4 Å². The van der Waals surface area contributed by atoms with Gasteiger partial charge in [-0.25, -0.2) is 14.4 Å². The SMILES string of the molecule is CNC(=O)c1cc(Nc2nccc(-c3cc(C#N)c4c(c3)[C@@](C)(CO[Si](C)(C)C(C)(C)C)CN4)n2)c(OC2CC2)cc1F. The van der Waals surface area contributed by atoms with Crippen molar-refractivity contribution in [3.63, 3.8) is 0 Å². The van der Waals surface area contributed by atoms with Gasteiger partial charge in [-0.05, 0) is 60.8 Å².